The summed E-state index contributed by atoms with van der Waals surface area (Å²) in [7, 11) is -3.70. The SMILES string of the molecule is CCOc1ccc(N([C@@H](C)C(=O)N[C@@H]2CC(C)(C)Oc3ccccc32)S(C)(=O)=O)cc1. The maximum absolute atomic E-state index is 13.2. The third-order valence-corrected chi connectivity index (χ3v) is 6.43. The van der Waals surface area contributed by atoms with Crippen molar-refractivity contribution in [2.75, 3.05) is 17.2 Å². The molecule has 0 spiro atoms. The first-order valence-corrected chi connectivity index (χ1v) is 12.2. The molecule has 1 N–H and O–H groups in total. The minimum absolute atomic E-state index is 0.281. The van der Waals surface area contributed by atoms with Crippen LogP contribution in [0.5, 0.6) is 11.5 Å². The number of rotatable bonds is 7. The highest BCUT2D eigenvalue weighted by atomic mass is 32.2. The van der Waals surface area contributed by atoms with Gasteiger partial charge in [0.15, 0.2) is 0 Å². The van der Waals surface area contributed by atoms with Gasteiger partial charge in [0.1, 0.15) is 23.1 Å². The molecular weight excluding hydrogens is 416 g/mol. The zero-order valence-corrected chi connectivity index (χ0v) is 19.4. The number of hydrogen-bond acceptors (Lipinski definition) is 5. The number of carbonyl (C=O) groups is 1. The van der Waals surface area contributed by atoms with Gasteiger partial charge in [0.2, 0.25) is 15.9 Å². The van der Waals surface area contributed by atoms with Gasteiger partial charge in [-0.2, -0.15) is 0 Å². The minimum Gasteiger partial charge on any atom is -0.494 e. The molecule has 0 aliphatic carbocycles. The lowest BCUT2D eigenvalue weighted by Gasteiger charge is -2.38. The Balaban J connectivity index is 1.85. The van der Waals surface area contributed by atoms with E-state index in [0.29, 0.717) is 24.5 Å². The first kappa shape index (κ1) is 22.9. The molecule has 7 nitrogen and oxygen atoms in total. The van der Waals surface area contributed by atoms with E-state index in [9.17, 15) is 13.2 Å². The second-order valence-corrected chi connectivity index (χ2v) is 10.2. The lowest BCUT2D eigenvalue weighted by molar-refractivity contribution is -0.123. The summed E-state index contributed by atoms with van der Waals surface area (Å²) >= 11 is 0. The number of nitrogens with one attached hydrogen (secondary N) is 1. The van der Waals surface area contributed by atoms with Crippen LogP contribution >= 0.6 is 0 Å². The van der Waals surface area contributed by atoms with Crippen molar-refractivity contribution in [3.05, 3.63) is 54.1 Å². The highest BCUT2D eigenvalue weighted by molar-refractivity contribution is 7.92. The molecule has 2 aromatic rings. The normalized spacial score (nSPS) is 18.3. The van der Waals surface area contributed by atoms with E-state index in [1.54, 1.807) is 31.2 Å². The lowest BCUT2D eigenvalue weighted by Crippen LogP contribution is -2.50. The number of sulfonamides is 1. The Morgan fingerprint density at radius 3 is 2.48 bits per heavy atom. The number of benzene rings is 2. The Morgan fingerprint density at radius 2 is 1.87 bits per heavy atom. The largest absolute Gasteiger partial charge is 0.494 e. The molecule has 0 radical (unpaired) electrons. The second-order valence-electron chi connectivity index (χ2n) is 8.33. The van der Waals surface area contributed by atoms with Crippen LogP contribution in [0.4, 0.5) is 5.69 Å². The van der Waals surface area contributed by atoms with Gasteiger partial charge in [-0.1, -0.05) is 18.2 Å². The van der Waals surface area contributed by atoms with Gasteiger partial charge in [-0.3, -0.25) is 9.10 Å². The Hall–Kier alpha value is -2.74. The Labute approximate surface area is 184 Å². The molecule has 0 saturated heterocycles. The van der Waals surface area contributed by atoms with Crippen LogP contribution in [-0.4, -0.2) is 38.8 Å². The van der Waals surface area contributed by atoms with E-state index in [2.05, 4.69) is 5.32 Å². The molecule has 2 atom stereocenters. The monoisotopic (exact) mass is 446 g/mol. The van der Waals surface area contributed by atoms with Crippen LogP contribution in [0.3, 0.4) is 0 Å². The van der Waals surface area contributed by atoms with Gasteiger partial charge in [0, 0.05) is 12.0 Å². The van der Waals surface area contributed by atoms with Crippen molar-refractivity contribution in [2.24, 2.45) is 0 Å². The van der Waals surface area contributed by atoms with E-state index >= 15 is 0 Å². The van der Waals surface area contributed by atoms with Crippen LogP contribution < -0.4 is 19.1 Å². The zero-order valence-electron chi connectivity index (χ0n) is 18.6. The van der Waals surface area contributed by atoms with Crippen LogP contribution in [0.1, 0.15) is 45.7 Å². The topological polar surface area (TPSA) is 84.9 Å². The quantitative estimate of drug-likeness (QED) is 0.702. The first-order valence-electron chi connectivity index (χ1n) is 10.3. The maximum atomic E-state index is 13.2. The molecule has 2 aromatic carbocycles. The standard InChI is InChI=1S/C23H30N2O5S/c1-6-29-18-13-11-17(12-14-18)25(31(5,27)28)16(2)22(26)24-20-15-23(3,4)30-21-10-8-7-9-19(20)21/h7-14,16,20H,6,15H2,1-5H3,(H,24,26)/t16-,20+/m0/s1. The summed E-state index contributed by atoms with van der Waals surface area (Å²) in [5.41, 5.74) is 0.830. The van der Waals surface area contributed by atoms with Crippen LogP contribution in [0, 0.1) is 0 Å². The summed E-state index contributed by atoms with van der Waals surface area (Å²) in [6.45, 7) is 7.90. The van der Waals surface area contributed by atoms with Gasteiger partial charge in [0.05, 0.1) is 24.6 Å². The molecule has 0 unspecified atom stereocenters. The molecule has 8 heteroatoms. The fraction of sp³-hybridized carbons (Fsp3) is 0.435. The number of anilines is 1. The van der Waals surface area contributed by atoms with Gasteiger partial charge in [0.25, 0.3) is 0 Å². The van der Waals surface area contributed by atoms with Crippen molar-refractivity contribution in [1.82, 2.24) is 5.32 Å². The molecular formula is C23H30N2O5S. The molecule has 1 heterocycles. The first-order chi connectivity index (χ1) is 14.5. The Kier molecular flexibility index (Phi) is 6.50. The van der Waals surface area contributed by atoms with Crippen molar-refractivity contribution in [3.8, 4) is 11.5 Å². The van der Waals surface area contributed by atoms with E-state index in [1.165, 1.54) is 0 Å². The zero-order chi connectivity index (χ0) is 22.8. The molecule has 1 amide bonds. The van der Waals surface area contributed by atoms with Gasteiger partial charge in [-0.15, -0.1) is 0 Å². The predicted octanol–water partition coefficient (Wildman–Crippen LogP) is 3.66. The van der Waals surface area contributed by atoms with Crippen LogP contribution in [0.25, 0.3) is 0 Å². The number of ether oxygens (including phenoxy) is 2. The van der Waals surface area contributed by atoms with E-state index in [-0.39, 0.29) is 11.9 Å². The molecule has 0 aromatic heterocycles. The smallest absolute Gasteiger partial charge is 0.244 e. The number of hydrogen-bond donors (Lipinski definition) is 1. The number of carbonyl (C=O) groups excluding carboxylic acids is 1. The van der Waals surface area contributed by atoms with Gasteiger partial charge >= 0.3 is 0 Å². The van der Waals surface area contributed by atoms with Crippen LogP contribution in [-0.2, 0) is 14.8 Å². The van der Waals surface area contributed by atoms with Crippen LogP contribution in [0.2, 0.25) is 0 Å². The highest BCUT2D eigenvalue weighted by Crippen LogP contribution is 2.39. The Morgan fingerprint density at radius 1 is 1.23 bits per heavy atom. The summed E-state index contributed by atoms with van der Waals surface area (Å²) in [6, 6.07) is 13.0. The third kappa shape index (κ3) is 5.31. The van der Waals surface area contributed by atoms with Crippen molar-refractivity contribution >= 4 is 21.6 Å². The molecule has 0 fully saturated rings. The predicted molar refractivity (Wildman–Crippen MR) is 121 cm³/mol. The highest BCUT2D eigenvalue weighted by Gasteiger charge is 2.36. The molecule has 31 heavy (non-hydrogen) atoms. The molecule has 168 valence electrons. The summed E-state index contributed by atoms with van der Waals surface area (Å²) in [4.78, 5) is 13.2. The lowest BCUT2D eigenvalue weighted by atomic mass is 9.89. The van der Waals surface area contributed by atoms with E-state index in [0.717, 1.165) is 21.9 Å². The van der Waals surface area contributed by atoms with Gasteiger partial charge in [-0.25, -0.2) is 8.42 Å². The molecule has 3 rings (SSSR count). The molecule has 1 aliphatic rings. The summed E-state index contributed by atoms with van der Waals surface area (Å²) in [5.74, 6) is 0.984. The van der Waals surface area contributed by atoms with E-state index in [4.69, 9.17) is 9.47 Å². The summed E-state index contributed by atoms with van der Waals surface area (Å²) < 4.78 is 37.7. The second kappa shape index (κ2) is 8.78. The average molecular weight is 447 g/mol. The average Bonchev–Trinajstić information content (AvgIpc) is 2.67. The maximum Gasteiger partial charge on any atom is 0.244 e. The van der Waals surface area contributed by atoms with E-state index < -0.39 is 21.7 Å². The Bertz CT molecular complexity index is 1030. The third-order valence-electron chi connectivity index (χ3n) is 5.18. The molecule has 0 saturated carbocycles. The number of amides is 1. The molecule has 0 bridgehead atoms. The summed E-state index contributed by atoms with van der Waals surface area (Å²) in [6.07, 6.45) is 1.67. The van der Waals surface area contributed by atoms with E-state index in [1.807, 2.05) is 45.0 Å². The van der Waals surface area contributed by atoms with Crippen molar-refractivity contribution in [1.29, 1.82) is 0 Å². The fourth-order valence-electron chi connectivity index (χ4n) is 3.89. The van der Waals surface area contributed by atoms with Crippen molar-refractivity contribution in [2.45, 2.75) is 51.8 Å². The molecule has 1 aliphatic heterocycles. The summed E-state index contributed by atoms with van der Waals surface area (Å²) in [5, 5.41) is 3.03. The van der Waals surface area contributed by atoms with Crippen molar-refractivity contribution in [3.63, 3.8) is 0 Å². The number of fused-ring (bicyclic) bond motifs is 1. The van der Waals surface area contributed by atoms with Crippen LogP contribution in [0.15, 0.2) is 48.5 Å². The van der Waals surface area contributed by atoms with Crippen molar-refractivity contribution < 1.29 is 22.7 Å². The minimum atomic E-state index is -3.70. The van der Waals surface area contributed by atoms with Gasteiger partial charge < -0.3 is 14.8 Å². The van der Waals surface area contributed by atoms with Gasteiger partial charge in [-0.05, 0) is 58.0 Å². The number of nitrogens with zero attached hydrogens (tertiary/aromatic N) is 1. The number of para-hydroxylation sites is 1. The fourth-order valence-corrected chi connectivity index (χ4v) is 5.06.